The van der Waals surface area contributed by atoms with Crippen LogP contribution < -0.4 is 4.74 Å². The van der Waals surface area contributed by atoms with Crippen LogP contribution in [0.4, 0.5) is 0 Å². The molecule has 0 saturated carbocycles. The van der Waals surface area contributed by atoms with Crippen LogP contribution in [0.2, 0.25) is 5.02 Å². The zero-order chi connectivity index (χ0) is 14.7. The first-order chi connectivity index (χ1) is 9.51. The lowest BCUT2D eigenvalue weighted by Crippen LogP contribution is -1.98. The minimum absolute atomic E-state index is 0.0558. The topological polar surface area (TPSA) is 70.3 Å². The van der Waals surface area contributed by atoms with Gasteiger partial charge in [0.1, 0.15) is 17.6 Å². The third-order valence-electron chi connectivity index (χ3n) is 2.46. The van der Waals surface area contributed by atoms with Gasteiger partial charge < -0.3 is 9.84 Å². The van der Waals surface area contributed by atoms with Crippen LogP contribution in [0.15, 0.2) is 40.9 Å². The van der Waals surface area contributed by atoms with Crippen molar-refractivity contribution < 1.29 is 14.6 Å². The van der Waals surface area contributed by atoms with Crippen molar-refractivity contribution in [3.05, 3.63) is 57.0 Å². The Bertz CT molecular complexity index is 725. The second-order valence-electron chi connectivity index (χ2n) is 3.80. The maximum Gasteiger partial charge on any atom is 0.337 e. The van der Waals surface area contributed by atoms with Crippen LogP contribution in [0.25, 0.3) is 0 Å². The summed E-state index contributed by atoms with van der Waals surface area (Å²) in [5, 5.41) is 18.2. The summed E-state index contributed by atoms with van der Waals surface area (Å²) in [5.74, 6) is -0.503. The average molecular weight is 353 g/mol. The van der Waals surface area contributed by atoms with Crippen LogP contribution in [-0.4, -0.2) is 11.1 Å². The van der Waals surface area contributed by atoms with E-state index in [4.69, 9.17) is 26.7 Å². The van der Waals surface area contributed by atoms with Gasteiger partial charge >= 0.3 is 5.97 Å². The number of benzene rings is 2. The molecule has 0 bridgehead atoms. The van der Waals surface area contributed by atoms with Crippen molar-refractivity contribution >= 4 is 33.5 Å². The van der Waals surface area contributed by atoms with Gasteiger partial charge in [0, 0.05) is 4.47 Å². The lowest BCUT2D eigenvalue weighted by atomic mass is 10.2. The fourth-order valence-corrected chi connectivity index (χ4v) is 2.10. The molecule has 0 radical (unpaired) electrons. The largest absolute Gasteiger partial charge is 0.478 e. The molecule has 0 heterocycles. The van der Waals surface area contributed by atoms with E-state index in [1.807, 2.05) is 6.07 Å². The summed E-state index contributed by atoms with van der Waals surface area (Å²) in [7, 11) is 0. The highest BCUT2D eigenvalue weighted by Gasteiger charge is 2.12. The van der Waals surface area contributed by atoms with Crippen molar-refractivity contribution in [2.75, 3.05) is 0 Å². The Morgan fingerprint density at radius 2 is 2.05 bits per heavy atom. The number of halogens is 2. The number of carboxylic acid groups (broad SMARTS) is 1. The molecule has 2 aromatic carbocycles. The first kappa shape index (κ1) is 14.4. The van der Waals surface area contributed by atoms with E-state index in [0.717, 1.165) is 4.47 Å². The molecule has 6 heteroatoms. The standard InChI is InChI=1S/C14H7BrClNO3/c15-9-1-4-13(8(5-9)7-17)20-10-2-3-12(16)11(6-10)14(18)19/h1-6H,(H,18,19). The van der Waals surface area contributed by atoms with E-state index in [2.05, 4.69) is 15.9 Å². The van der Waals surface area contributed by atoms with Crippen molar-refractivity contribution in [1.82, 2.24) is 0 Å². The van der Waals surface area contributed by atoms with Crippen molar-refractivity contribution in [2.24, 2.45) is 0 Å². The molecule has 0 amide bonds. The Hall–Kier alpha value is -2.03. The van der Waals surface area contributed by atoms with E-state index in [0.29, 0.717) is 17.1 Å². The number of ether oxygens (including phenoxy) is 1. The second kappa shape index (κ2) is 5.95. The Labute approximate surface area is 128 Å². The van der Waals surface area contributed by atoms with Crippen molar-refractivity contribution in [3.63, 3.8) is 0 Å². The zero-order valence-electron chi connectivity index (χ0n) is 9.93. The number of aromatic carboxylic acids is 1. The Kier molecular flexibility index (Phi) is 4.28. The highest BCUT2D eigenvalue weighted by Crippen LogP contribution is 2.30. The summed E-state index contributed by atoms with van der Waals surface area (Å²) in [4.78, 5) is 11.0. The predicted octanol–water partition coefficient (Wildman–Crippen LogP) is 4.46. The maximum absolute atomic E-state index is 11.0. The highest BCUT2D eigenvalue weighted by molar-refractivity contribution is 9.10. The SMILES string of the molecule is N#Cc1cc(Br)ccc1Oc1ccc(Cl)c(C(=O)O)c1. The van der Waals surface area contributed by atoms with Gasteiger partial charge in [-0.2, -0.15) is 5.26 Å². The van der Waals surface area contributed by atoms with Crippen molar-refractivity contribution in [1.29, 1.82) is 5.26 Å². The summed E-state index contributed by atoms with van der Waals surface area (Å²) >= 11 is 9.04. The molecule has 0 fully saturated rings. The first-order valence-corrected chi connectivity index (χ1v) is 6.58. The quantitative estimate of drug-likeness (QED) is 0.885. The van der Waals surface area contributed by atoms with Crippen LogP contribution in [-0.2, 0) is 0 Å². The van der Waals surface area contributed by atoms with Gasteiger partial charge in [0.15, 0.2) is 0 Å². The summed E-state index contributed by atoms with van der Waals surface area (Å²) in [6, 6.07) is 11.3. The fraction of sp³-hybridized carbons (Fsp3) is 0. The summed E-state index contributed by atoms with van der Waals surface area (Å²) in [6.07, 6.45) is 0. The van der Waals surface area contributed by atoms with E-state index >= 15 is 0 Å². The van der Waals surface area contributed by atoms with Crippen LogP contribution in [0, 0.1) is 11.3 Å². The van der Waals surface area contributed by atoms with Crippen LogP contribution in [0.3, 0.4) is 0 Å². The molecular weight excluding hydrogens is 346 g/mol. The first-order valence-electron chi connectivity index (χ1n) is 5.41. The lowest BCUT2D eigenvalue weighted by Gasteiger charge is -2.09. The molecule has 4 nitrogen and oxygen atoms in total. The summed E-state index contributed by atoms with van der Waals surface area (Å²) in [6.45, 7) is 0. The molecule has 2 aromatic rings. The average Bonchev–Trinajstić information content (AvgIpc) is 2.42. The number of carbonyl (C=O) groups is 1. The number of nitriles is 1. The van der Waals surface area contributed by atoms with Crippen molar-refractivity contribution in [2.45, 2.75) is 0 Å². The van der Waals surface area contributed by atoms with E-state index < -0.39 is 5.97 Å². The van der Waals surface area contributed by atoms with Crippen LogP contribution >= 0.6 is 27.5 Å². The molecule has 0 unspecified atom stereocenters. The minimum atomic E-state index is -1.14. The number of rotatable bonds is 3. The molecule has 1 N–H and O–H groups in total. The molecule has 100 valence electrons. The molecule has 0 aliphatic rings. The molecule has 20 heavy (non-hydrogen) atoms. The van der Waals surface area contributed by atoms with E-state index in [1.165, 1.54) is 18.2 Å². The van der Waals surface area contributed by atoms with E-state index in [-0.39, 0.29) is 10.6 Å². The summed E-state index contributed by atoms with van der Waals surface area (Å²) < 4.78 is 6.29. The van der Waals surface area contributed by atoms with E-state index in [1.54, 1.807) is 18.2 Å². The Morgan fingerprint density at radius 1 is 1.30 bits per heavy atom. The van der Waals surface area contributed by atoms with E-state index in [9.17, 15) is 4.79 Å². The molecule has 0 saturated heterocycles. The van der Waals surface area contributed by atoms with Crippen molar-refractivity contribution in [3.8, 4) is 17.6 Å². The number of hydrogen-bond donors (Lipinski definition) is 1. The Morgan fingerprint density at radius 3 is 2.70 bits per heavy atom. The van der Waals surface area contributed by atoms with Gasteiger partial charge in [-0.3, -0.25) is 0 Å². The minimum Gasteiger partial charge on any atom is -0.478 e. The number of carboxylic acids is 1. The molecular formula is C14H7BrClNO3. The van der Waals surface area contributed by atoms with Gasteiger partial charge in [-0.15, -0.1) is 0 Å². The van der Waals surface area contributed by atoms with Gasteiger partial charge in [0.25, 0.3) is 0 Å². The molecule has 0 aliphatic carbocycles. The van der Waals surface area contributed by atoms with Crippen LogP contribution in [0.1, 0.15) is 15.9 Å². The van der Waals surface area contributed by atoms with Gasteiger partial charge in [-0.1, -0.05) is 27.5 Å². The van der Waals surface area contributed by atoms with Gasteiger partial charge in [-0.25, -0.2) is 4.79 Å². The third-order valence-corrected chi connectivity index (χ3v) is 3.28. The Balaban J connectivity index is 2.38. The molecule has 2 rings (SSSR count). The lowest BCUT2D eigenvalue weighted by molar-refractivity contribution is 0.0696. The predicted molar refractivity (Wildman–Crippen MR) is 77.3 cm³/mol. The van der Waals surface area contributed by atoms with Gasteiger partial charge in [0.05, 0.1) is 16.1 Å². The molecule has 0 aromatic heterocycles. The second-order valence-corrected chi connectivity index (χ2v) is 5.12. The molecule has 0 atom stereocenters. The summed E-state index contributed by atoms with van der Waals surface area (Å²) in [5.41, 5.74) is 0.283. The third kappa shape index (κ3) is 3.10. The smallest absolute Gasteiger partial charge is 0.337 e. The highest BCUT2D eigenvalue weighted by atomic mass is 79.9. The maximum atomic E-state index is 11.0. The normalized spacial score (nSPS) is 9.85. The number of hydrogen-bond acceptors (Lipinski definition) is 3. The van der Waals surface area contributed by atoms with Crippen LogP contribution in [0.5, 0.6) is 11.5 Å². The monoisotopic (exact) mass is 351 g/mol. The number of nitrogens with zero attached hydrogens (tertiary/aromatic N) is 1. The van der Waals surface area contributed by atoms with Gasteiger partial charge in [0.2, 0.25) is 0 Å². The zero-order valence-corrected chi connectivity index (χ0v) is 12.3. The molecule has 0 aliphatic heterocycles. The molecule has 0 spiro atoms. The van der Waals surface area contributed by atoms with Gasteiger partial charge in [-0.05, 0) is 36.4 Å². The fourth-order valence-electron chi connectivity index (χ4n) is 1.54.